The molecule has 0 fully saturated rings. The largest absolute Gasteiger partial charge is 0.496 e. The molecule has 0 aliphatic rings. The highest BCUT2D eigenvalue weighted by Gasteiger charge is 2.04. The molecule has 1 rings (SSSR count). The van der Waals surface area contributed by atoms with Crippen molar-refractivity contribution in [2.75, 3.05) is 7.11 Å². The van der Waals surface area contributed by atoms with Crippen LogP contribution in [-0.4, -0.2) is 18.2 Å². The molecule has 0 aromatic carbocycles. The monoisotopic (exact) mass is 246 g/mol. The summed E-state index contributed by atoms with van der Waals surface area (Å²) in [6.07, 6.45) is -0.910. The Labute approximate surface area is 83.0 Å². The first-order valence-electron chi connectivity index (χ1n) is 3.30. The van der Waals surface area contributed by atoms with Crippen LogP contribution in [0, 0.1) is 0 Å². The smallest absolute Gasteiger partial charge is 0.411 e. The summed E-state index contributed by atoms with van der Waals surface area (Å²) in [4.78, 5) is 14.2. The van der Waals surface area contributed by atoms with Crippen molar-refractivity contribution in [2.45, 2.75) is 0 Å². The summed E-state index contributed by atoms with van der Waals surface area (Å²) in [5.74, 6) is 0.622. The van der Waals surface area contributed by atoms with Gasteiger partial charge in [-0.1, -0.05) is 0 Å². The van der Waals surface area contributed by atoms with Gasteiger partial charge in [-0.15, -0.1) is 0 Å². The standard InChI is InChI=1S/C7H7BrN2O3/c1-12-4-2-5(8)10-6(3-4)13-7(9)11/h2-3H,1H3,(H2,9,11). The number of nitrogens with two attached hydrogens (primary N) is 1. The van der Waals surface area contributed by atoms with Gasteiger partial charge in [-0.3, -0.25) is 0 Å². The van der Waals surface area contributed by atoms with Crippen LogP contribution in [0.2, 0.25) is 0 Å². The SMILES string of the molecule is COc1cc(Br)nc(OC(N)=O)c1. The topological polar surface area (TPSA) is 74.4 Å². The molecule has 0 radical (unpaired) electrons. The van der Waals surface area contributed by atoms with E-state index in [1.54, 1.807) is 6.07 Å². The number of amides is 1. The molecule has 0 aliphatic heterocycles. The molecular weight excluding hydrogens is 240 g/mol. The van der Waals surface area contributed by atoms with Gasteiger partial charge < -0.3 is 15.2 Å². The van der Waals surface area contributed by atoms with Gasteiger partial charge >= 0.3 is 6.09 Å². The Morgan fingerprint density at radius 2 is 2.31 bits per heavy atom. The minimum Gasteiger partial charge on any atom is -0.496 e. The number of pyridine rings is 1. The minimum atomic E-state index is -0.910. The highest BCUT2D eigenvalue weighted by Crippen LogP contribution is 2.21. The van der Waals surface area contributed by atoms with E-state index in [1.807, 2.05) is 0 Å². The molecule has 6 heteroatoms. The molecule has 13 heavy (non-hydrogen) atoms. The lowest BCUT2D eigenvalue weighted by Gasteiger charge is -2.03. The van der Waals surface area contributed by atoms with E-state index in [0.717, 1.165) is 0 Å². The number of aromatic nitrogens is 1. The number of carbonyl (C=O) groups is 1. The molecule has 2 N–H and O–H groups in total. The van der Waals surface area contributed by atoms with E-state index in [-0.39, 0.29) is 5.88 Å². The predicted molar refractivity (Wildman–Crippen MR) is 48.7 cm³/mol. The highest BCUT2D eigenvalue weighted by atomic mass is 79.9. The molecule has 1 heterocycles. The number of ether oxygens (including phenoxy) is 2. The Hall–Kier alpha value is -1.30. The third-order valence-electron chi connectivity index (χ3n) is 1.18. The molecule has 70 valence electrons. The van der Waals surface area contributed by atoms with Gasteiger partial charge in [0.15, 0.2) is 0 Å². The maximum absolute atomic E-state index is 10.4. The van der Waals surface area contributed by atoms with Gasteiger partial charge in [0.25, 0.3) is 0 Å². The lowest BCUT2D eigenvalue weighted by molar-refractivity contribution is 0.208. The Morgan fingerprint density at radius 3 is 2.85 bits per heavy atom. The molecule has 1 aromatic heterocycles. The summed E-state index contributed by atoms with van der Waals surface area (Å²) in [7, 11) is 1.50. The van der Waals surface area contributed by atoms with Gasteiger partial charge in [-0.2, -0.15) is 0 Å². The van der Waals surface area contributed by atoms with Crippen molar-refractivity contribution in [3.8, 4) is 11.6 Å². The van der Waals surface area contributed by atoms with E-state index in [2.05, 4.69) is 25.7 Å². The molecule has 0 bridgehead atoms. The van der Waals surface area contributed by atoms with Gasteiger partial charge in [-0.05, 0) is 15.9 Å². The van der Waals surface area contributed by atoms with Gasteiger partial charge in [-0.25, -0.2) is 9.78 Å². The number of hydrogen-bond donors (Lipinski definition) is 1. The normalized spacial score (nSPS) is 9.38. The van der Waals surface area contributed by atoms with Gasteiger partial charge in [0, 0.05) is 12.1 Å². The van der Waals surface area contributed by atoms with Crippen LogP contribution in [-0.2, 0) is 0 Å². The first kappa shape index (κ1) is 9.79. The average molecular weight is 247 g/mol. The molecule has 1 amide bonds. The van der Waals surface area contributed by atoms with Crippen molar-refractivity contribution in [2.24, 2.45) is 5.73 Å². The summed E-state index contributed by atoms with van der Waals surface area (Å²) < 4.78 is 9.97. The fraction of sp³-hybridized carbons (Fsp3) is 0.143. The van der Waals surface area contributed by atoms with Gasteiger partial charge in [0.05, 0.1) is 7.11 Å². The number of carbonyl (C=O) groups excluding carboxylic acids is 1. The Kier molecular flexibility index (Phi) is 3.07. The second-order valence-corrected chi connectivity index (χ2v) is 2.90. The van der Waals surface area contributed by atoms with E-state index in [9.17, 15) is 4.79 Å². The molecule has 0 saturated carbocycles. The van der Waals surface area contributed by atoms with Gasteiger partial charge in [0.2, 0.25) is 5.88 Å². The van der Waals surface area contributed by atoms with Crippen molar-refractivity contribution in [3.05, 3.63) is 16.7 Å². The second kappa shape index (κ2) is 4.08. The minimum absolute atomic E-state index is 0.0960. The van der Waals surface area contributed by atoms with Crippen LogP contribution in [0.25, 0.3) is 0 Å². The lowest BCUT2D eigenvalue weighted by Crippen LogP contribution is -2.16. The molecule has 0 aliphatic carbocycles. The molecule has 1 aromatic rings. The summed E-state index contributed by atoms with van der Waals surface area (Å²) in [5, 5.41) is 0. The first-order valence-corrected chi connectivity index (χ1v) is 4.10. The number of primary amides is 1. The van der Waals surface area contributed by atoms with E-state index in [0.29, 0.717) is 10.4 Å². The number of methoxy groups -OCH3 is 1. The molecular formula is C7H7BrN2O3. The Balaban J connectivity index is 2.94. The van der Waals surface area contributed by atoms with Crippen LogP contribution in [0.4, 0.5) is 4.79 Å². The van der Waals surface area contributed by atoms with E-state index < -0.39 is 6.09 Å². The average Bonchev–Trinajstić information content (AvgIpc) is 2.01. The number of rotatable bonds is 2. The van der Waals surface area contributed by atoms with Crippen LogP contribution < -0.4 is 15.2 Å². The summed E-state index contributed by atoms with van der Waals surface area (Å²) >= 11 is 3.12. The zero-order valence-corrected chi connectivity index (χ0v) is 8.37. The maximum atomic E-state index is 10.4. The van der Waals surface area contributed by atoms with Gasteiger partial charge in [0.1, 0.15) is 10.4 Å². The van der Waals surface area contributed by atoms with Crippen LogP contribution in [0.1, 0.15) is 0 Å². The van der Waals surface area contributed by atoms with Crippen molar-refractivity contribution < 1.29 is 14.3 Å². The zero-order valence-electron chi connectivity index (χ0n) is 6.78. The van der Waals surface area contributed by atoms with Crippen molar-refractivity contribution in [1.29, 1.82) is 0 Å². The Bertz CT molecular complexity index is 330. The maximum Gasteiger partial charge on any atom is 0.411 e. The zero-order chi connectivity index (χ0) is 9.84. The number of hydrogen-bond acceptors (Lipinski definition) is 4. The van der Waals surface area contributed by atoms with Crippen LogP contribution >= 0.6 is 15.9 Å². The van der Waals surface area contributed by atoms with Crippen molar-refractivity contribution in [3.63, 3.8) is 0 Å². The number of nitrogens with zero attached hydrogens (tertiary/aromatic N) is 1. The van der Waals surface area contributed by atoms with E-state index in [4.69, 9.17) is 10.5 Å². The first-order chi connectivity index (χ1) is 6.11. The number of halogens is 1. The third-order valence-corrected chi connectivity index (χ3v) is 1.59. The van der Waals surface area contributed by atoms with Crippen LogP contribution in [0.3, 0.4) is 0 Å². The second-order valence-electron chi connectivity index (χ2n) is 2.09. The molecule has 0 unspecified atom stereocenters. The van der Waals surface area contributed by atoms with Crippen LogP contribution in [0.15, 0.2) is 16.7 Å². The summed E-state index contributed by atoms with van der Waals surface area (Å²) in [6.45, 7) is 0. The summed E-state index contributed by atoms with van der Waals surface area (Å²) in [6, 6.07) is 3.09. The summed E-state index contributed by atoms with van der Waals surface area (Å²) in [5.41, 5.74) is 4.81. The van der Waals surface area contributed by atoms with Crippen molar-refractivity contribution >= 4 is 22.0 Å². The molecule has 0 spiro atoms. The van der Waals surface area contributed by atoms with Crippen LogP contribution in [0.5, 0.6) is 11.6 Å². The fourth-order valence-corrected chi connectivity index (χ4v) is 1.12. The van der Waals surface area contributed by atoms with E-state index in [1.165, 1.54) is 13.2 Å². The quantitative estimate of drug-likeness (QED) is 0.799. The fourth-order valence-electron chi connectivity index (χ4n) is 0.724. The predicted octanol–water partition coefficient (Wildman–Crippen LogP) is 1.31. The molecule has 0 atom stereocenters. The van der Waals surface area contributed by atoms with Crippen molar-refractivity contribution in [1.82, 2.24) is 4.98 Å². The lowest BCUT2D eigenvalue weighted by atomic mass is 10.4. The molecule has 5 nitrogen and oxygen atoms in total. The molecule has 0 saturated heterocycles. The highest BCUT2D eigenvalue weighted by molar-refractivity contribution is 9.10. The third kappa shape index (κ3) is 2.90. The Morgan fingerprint density at radius 1 is 1.62 bits per heavy atom. The van der Waals surface area contributed by atoms with E-state index >= 15 is 0 Å².